The Morgan fingerprint density at radius 1 is 1.16 bits per heavy atom. The molecule has 1 aromatic rings. The van der Waals surface area contributed by atoms with Crippen molar-refractivity contribution in [3.8, 4) is 0 Å². The summed E-state index contributed by atoms with van der Waals surface area (Å²) >= 11 is 1.45. The van der Waals surface area contributed by atoms with Crippen LogP contribution in [0.25, 0.3) is 0 Å². The van der Waals surface area contributed by atoms with Gasteiger partial charge in [-0.15, -0.1) is 0 Å². The van der Waals surface area contributed by atoms with E-state index in [2.05, 4.69) is 10.6 Å². The monoisotopic (exact) mass is 370 g/mol. The van der Waals surface area contributed by atoms with Crippen molar-refractivity contribution < 1.29 is 29.3 Å². The lowest BCUT2D eigenvalue weighted by Gasteiger charge is -2.19. The van der Waals surface area contributed by atoms with Gasteiger partial charge in [0.1, 0.15) is 18.7 Å². The number of aliphatic carboxylic acids is 1. The lowest BCUT2D eigenvalue weighted by Crippen LogP contribution is -2.53. The Labute approximate surface area is 149 Å². The maximum Gasteiger partial charge on any atom is 0.408 e. The summed E-state index contributed by atoms with van der Waals surface area (Å²) in [7, 11) is 0. The van der Waals surface area contributed by atoms with Gasteiger partial charge in [0.2, 0.25) is 5.91 Å². The summed E-state index contributed by atoms with van der Waals surface area (Å²) in [6, 6.07) is 6.57. The smallest absolute Gasteiger partial charge is 0.408 e. The minimum absolute atomic E-state index is 0.0118. The Kier molecular flexibility index (Phi) is 9.41. The Balaban J connectivity index is 2.51. The number of carbonyl (C=O) groups is 3. The van der Waals surface area contributed by atoms with Crippen molar-refractivity contribution >= 4 is 29.7 Å². The van der Waals surface area contributed by atoms with Crippen LogP contribution in [0.5, 0.6) is 0 Å². The van der Waals surface area contributed by atoms with Gasteiger partial charge in [-0.25, -0.2) is 9.59 Å². The maximum atomic E-state index is 12.1. The summed E-state index contributed by atoms with van der Waals surface area (Å²) in [6.07, 6.45) is 1.18. The van der Waals surface area contributed by atoms with Gasteiger partial charge in [0.15, 0.2) is 0 Å². The average molecular weight is 370 g/mol. The van der Waals surface area contributed by atoms with E-state index in [1.165, 1.54) is 11.8 Å². The number of nitrogens with one attached hydrogen (secondary N) is 2. The predicted octanol–water partition coefficient (Wildman–Crippen LogP) is 0.596. The number of ether oxygens (including phenoxy) is 1. The van der Waals surface area contributed by atoms with Gasteiger partial charge >= 0.3 is 12.1 Å². The third-order valence-corrected chi connectivity index (χ3v) is 3.87. The molecule has 138 valence electrons. The van der Waals surface area contributed by atoms with Gasteiger partial charge in [0, 0.05) is 0 Å². The topological polar surface area (TPSA) is 125 Å². The molecule has 8 nitrogen and oxygen atoms in total. The summed E-state index contributed by atoms with van der Waals surface area (Å²) < 4.78 is 4.97. The van der Waals surface area contributed by atoms with Gasteiger partial charge in [-0.2, -0.15) is 11.8 Å². The highest BCUT2D eigenvalue weighted by molar-refractivity contribution is 7.98. The first kappa shape index (κ1) is 20.8. The molecule has 4 N–H and O–H groups in total. The zero-order valence-corrected chi connectivity index (χ0v) is 14.6. The highest BCUT2D eigenvalue weighted by Gasteiger charge is 2.26. The van der Waals surface area contributed by atoms with E-state index in [1.807, 2.05) is 12.3 Å². The number of aliphatic hydroxyl groups is 1. The third kappa shape index (κ3) is 7.90. The van der Waals surface area contributed by atoms with Gasteiger partial charge in [0.05, 0.1) is 6.61 Å². The van der Waals surface area contributed by atoms with E-state index in [1.54, 1.807) is 24.3 Å². The van der Waals surface area contributed by atoms with Gasteiger partial charge in [-0.05, 0) is 24.0 Å². The number of thioether (sulfide) groups is 1. The minimum Gasteiger partial charge on any atom is -0.480 e. The summed E-state index contributed by atoms with van der Waals surface area (Å²) in [5.41, 5.74) is 0.769. The van der Waals surface area contributed by atoms with Crippen LogP contribution in [0.15, 0.2) is 30.3 Å². The molecule has 2 amide bonds. The SMILES string of the molecule is CSCC[C@H](NC(=O)[C@H](CO)NC(=O)OCc1ccccc1)C(=O)O. The molecule has 0 saturated carbocycles. The van der Waals surface area contributed by atoms with Crippen LogP contribution in [-0.2, 0) is 20.9 Å². The summed E-state index contributed by atoms with van der Waals surface area (Å²) in [6.45, 7) is -0.668. The molecule has 9 heteroatoms. The van der Waals surface area contributed by atoms with E-state index < -0.39 is 36.7 Å². The fourth-order valence-corrected chi connectivity index (χ4v) is 2.34. The van der Waals surface area contributed by atoms with Gasteiger partial charge in [-0.1, -0.05) is 30.3 Å². The number of hydrogen-bond acceptors (Lipinski definition) is 6. The molecular formula is C16H22N2O6S. The molecule has 1 rings (SSSR count). The number of carboxylic acid groups (broad SMARTS) is 1. The van der Waals surface area contributed by atoms with E-state index >= 15 is 0 Å². The molecule has 1 aromatic carbocycles. The second-order valence-corrected chi connectivity index (χ2v) is 6.11. The van der Waals surface area contributed by atoms with Crippen LogP contribution in [0.2, 0.25) is 0 Å². The number of carboxylic acids is 1. The quantitative estimate of drug-likeness (QED) is 0.475. The first-order valence-corrected chi connectivity index (χ1v) is 8.97. The van der Waals surface area contributed by atoms with Crippen molar-refractivity contribution in [2.45, 2.75) is 25.1 Å². The van der Waals surface area contributed by atoms with Crippen molar-refractivity contribution in [1.82, 2.24) is 10.6 Å². The van der Waals surface area contributed by atoms with Crippen LogP contribution in [0, 0.1) is 0 Å². The van der Waals surface area contributed by atoms with E-state index in [4.69, 9.17) is 9.84 Å². The number of aliphatic hydroxyl groups excluding tert-OH is 1. The molecule has 2 atom stereocenters. The van der Waals surface area contributed by atoms with Crippen molar-refractivity contribution in [2.24, 2.45) is 0 Å². The van der Waals surface area contributed by atoms with Crippen molar-refractivity contribution in [3.05, 3.63) is 35.9 Å². The summed E-state index contributed by atoms with van der Waals surface area (Å²) in [5, 5.41) is 22.9. The zero-order chi connectivity index (χ0) is 18.7. The fourth-order valence-electron chi connectivity index (χ4n) is 1.87. The molecule has 0 saturated heterocycles. The first-order valence-electron chi connectivity index (χ1n) is 7.58. The number of amides is 2. The molecule has 0 spiro atoms. The Bertz CT molecular complexity index is 569. The lowest BCUT2D eigenvalue weighted by atomic mass is 10.2. The molecule has 0 unspecified atom stereocenters. The van der Waals surface area contributed by atoms with Crippen molar-refractivity contribution in [3.63, 3.8) is 0 Å². The molecule has 0 radical (unpaired) electrons. The molecular weight excluding hydrogens is 348 g/mol. The molecule has 0 aliphatic heterocycles. The van der Waals surface area contributed by atoms with E-state index in [-0.39, 0.29) is 13.0 Å². The molecule has 0 fully saturated rings. The van der Waals surface area contributed by atoms with Crippen LogP contribution in [0.4, 0.5) is 4.79 Å². The maximum absolute atomic E-state index is 12.1. The van der Waals surface area contributed by atoms with Crippen molar-refractivity contribution in [2.75, 3.05) is 18.6 Å². The molecule has 0 aliphatic rings. The number of alkyl carbamates (subject to hydrolysis) is 1. The van der Waals surface area contributed by atoms with Gasteiger partial charge < -0.3 is 25.6 Å². The third-order valence-electron chi connectivity index (χ3n) is 3.23. The van der Waals surface area contributed by atoms with Crippen LogP contribution < -0.4 is 10.6 Å². The minimum atomic E-state index is -1.29. The summed E-state index contributed by atoms with van der Waals surface area (Å²) in [5.74, 6) is -1.41. The molecule has 0 bridgehead atoms. The van der Waals surface area contributed by atoms with E-state index in [0.29, 0.717) is 5.75 Å². The largest absolute Gasteiger partial charge is 0.480 e. The van der Waals surface area contributed by atoms with E-state index in [9.17, 15) is 19.5 Å². The summed E-state index contributed by atoms with van der Waals surface area (Å²) in [4.78, 5) is 34.9. The van der Waals surface area contributed by atoms with E-state index in [0.717, 1.165) is 5.56 Å². The lowest BCUT2D eigenvalue weighted by molar-refractivity contribution is -0.142. The molecule has 0 aliphatic carbocycles. The van der Waals surface area contributed by atoms with Gasteiger partial charge in [-0.3, -0.25) is 4.79 Å². The number of carbonyl (C=O) groups excluding carboxylic acids is 2. The fraction of sp³-hybridized carbons (Fsp3) is 0.438. The standard InChI is InChI=1S/C16H22N2O6S/c1-25-8-7-12(15(21)22)17-14(20)13(9-19)18-16(23)24-10-11-5-3-2-4-6-11/h2-6,12-13,19H,7-10H2,1H3,(H,17,20)(H,18,23)(H,21,22)/t12-,13-/m0/s1. The number of rotatable bonds is 10. The Morgan fingerprint density at radius 3 is 2.40 bits per heavy atom. The highest BCUT2D eigenvalue weighted by atomic mass is 32.2. The van der Waals surface area contributed by atoms with Crippen LogP contribution in [0.1, 0.15) is 12.0 Å². The zero-order valence-electron chi connectivity index (χ0n) is 13.8. The molecule has 25 heavy (non-hydrogen) atoms. The van der Waals surface area contributed by atoms with Crippen molar-refractivity contribution in [1.29, 1.82) is 0 Å². The second-order valence-electron chi connectivity index (χ2n) is 5.12. The van der Waals surface area contributed by atoms with Gasteiger partial charge in [0.25, 0.3) is 0 Å². The van der Waals surface area contributed by atoms with Crippen LogP contribution in [-0.4, -0.2) is 58.9 Å². The van der Waals surface area contributed by atoms with Crippen LogP contribution in [0.3, 0.4) is 0 Å². The predicted molar refractivity (Wildman–Crippen MR) is 93.2 cm³/mol. The Morgan fingerprint density at radius 2 is 1.84 bits per heavy atom. The first-order chi connectivity index (χ1) is 12.0. The van der Waals surface area contributed by atoms with Crippen LogP contribution >= 0.6 is 11.8 Å². The highest BCUT2D eigenvalue weighted by Crippen LogP contribution is 2.03. The second kappa shape index (κ2) is 11.3. The normalized spacial score (nSPS) is 12.7. The Hall–Kier alpha value is -2.26. The average Bonchev–Trinajstić information content (AvgIpc) is 2.61. The number of hydrogen-bond donors (Lipinski definition) is 4. The molecule has 0 aromatic heterocycles. The molecule has 0 heterocycles. The number of benzene rings is 1.